The van der Waals surface area contributed by atoms with Crippen LogP contribution in [0.4, 0.5) is 11.5 Å². The Hall–Kier alpha value is -3.05. The molecule has 0 aliphatic rings. The first-order valence-electron chi connectivity index (χ1n) is 8.43. The van der Waals surface area contributed by atoms with Gasteiger partial charge in [0.15, 0.2) is 0 Å². The van der Waals surface area contributed by atoms with Crippen LogP contribution in [0.5, 0.6) is 5.75 Å². The van der Waals surface area contributed by atoms with Crippen molar-refractivity contribution in [1.29, 1.82) is 0 Å². The summed E-state index contributed by atoms with van der Waals surface area (Å²) in [6.45, 7) is 0.695. The molecule has 1 heterocycles. The minimum absolute atomic E-state index is 0.257. The summed E-state index contributed by atoms with van der Waals surface area (Å²) in [5.74, 6) is 1.00. The fraction of sp³-hybridized carbons (Fsp3) is 0.143. The largest absolute Gasteiger partial charge is 0.495 e. The van der Waals surface area contributed by atoms with Crippen LogP contribution in [0.3, 0.4) is 0 Å². The maximum atomic E-state index is 12.7. The SMILES string of the molecule is COc1ccc(Cl)cc1NC(=O)c1ccnc(N(C)Cc2ccccc2)c1. The molecule has 0 atom stereocenters. The number of anilines is 2. The van der Waals surface area contributed by atoms with E-state index in [1.54, 1.807) is 43.6 Å². The average Bonchev–Trinajstić information content (AvgIpc) is 2.69. The molecule has 6 heteroatoms. The lowest BCUT2D eigenvalue weighted by molar-refractivity contribution is 0.102. The van der Waals surface area contributed by atoms with E-state index in [1.807, 2.05) is 30.1 Å². The van der Waals surface area contributed by atoms with Gasteiger partial charge in [-0.3, -0.25) is 4.79 Å². The molecule has 1 aromatic heterocycles. The summed E-state index contributed by atoms with van der Waals surface area (Å²) in [6, 6.07) is 18.6. The van der Waals surface area contributed by atoms with Crippen LogP contribution in [0.2, 0.25) is 5.02 Å². The molecule has 0 saturated heterocycles. The van der Waals surface area contributed by atoms with Crippen LogP contribution >= 0.6 is 11.6 Å². The monoisotopic (exact) mass is 381 g/mol. The number of pyridine rings is 1. The Morgan fingerprint density at radius 2 is 1.93 bits per heavy atom. The highest BCUT2D eigenvalue weighted by molar-refractivity contribution is 6.31. The molecule has 0 unspecified atom stereocenters. The Kier molecular flexibility index (Phi) is 5.94. The Morgan fingerprint density at radius 1 is 1.15 bits per heavy atom. The summed E-state index contributed by atoms with van der Waals surface area (Å²) in [7, 11) is 3.49. The van der Waals surface area contributed by atoms with E-state index in [9.17, 15) is 4.79 Å². The summed E-state index contributed by atoms with van der Waals surface area (Å²) in [5.41, 5.74) is 2.19. The number of hydrogen-bond donors (Lipinski definition) is 1. The lowest BCUT2D eigenvalue weighted by atomic mass is 10.2. The van der Waals surface area contributed by atoms with Gasteiger partial charge in [-0.2, -0.15) is 0 Å². The van der Waals surface area contributed by atoms with Crippen LogP contribution in [-0.4, -0.2) is 25.0 Å². The third-order valence-electron chi connectivity index (χ3n) is 4.07. The first kappa shape index (κ1) is 18.7. The van der Waals surface area contributed by atoms with Crippen molar-refractivity contribution in [3.63, 3.8) is 0 Å². The molecule has 0 bridgehead atoms. The number of carbonyl (C=O) groups excluding carboxylic acids is 1. The summed E-state index contributed by atoms with van der Waals surface area (Å²) >= 11 is 6.02. The van der Waals surface area contributed by atoms with Gasteiger partial charge in [0.25, 0.3) is 5.91 Å². The molecule has 3 rings (SSSR count). The molecule has 0 aliphatic carbocycles. The van der Waals surface area contributed by atoms with Crippen LogP contribution in [0, 0.1) is 0 Å². The lowest BCUT2D eigenvalue weighted by Crippen LogP contribution is -2.19. The number of benzene rings is 2. The number of halogens is 1. The van der Waals surface area contributed by atoms with E-state index in [0.717, 1.165) is 0 Å². The second-order valence-corrected chi connectivity index (χ2v) is 6.48. The molecule has 0 fully saturated rings. The highest BCUT2D eigenvalue weighted by Crippen LogP contribution is 2.28. The maximum absolute atomic E-state index is 12.7. The quantitative estimate of drug-likeness (QED) is 0.676. The van der Waals surface area contributed by atoms with E-state index in [4.69, 9.17) is 16.3 Å². The van der Waals surface area contributed by atoms with Crippen molar-refractivity contribution in [3.8, 4) is 5.75 Å². The molecule has 5 nitrogen and oxygen atoms in total. The van der Waals surface area contributed by atoms with Crippen LogP contribution < -0.4 is 15.0 Å². The van der Waals surface area contributed by atoms with Crippen molar-refractivity contribution < 1.29 is 9.53 Å². The number of ether oxygens (including phenoxy) is 1. The fourth-order valence-corrected chi connectivity index (χ4v) is 2.85. The van der Waals surface area contributed by atoms with Crippen LogP contribution in [0.25, 0.3) is 0 Å². The predicted molar refractivity (Wildman–Crippen MR) is 109 cm³/mol. The average molecular weight is 382 g/mol. The first-order chi connectivity index (χ1) is 13.1. The van der Waals surface area contributed by atoms with E-state index in [2.05, 4.69) is 22.4 Å². The normalized spacial score (nSPS) is 10.3. The van der Waals surface area contributed by atoms with Crippen molar-refractivity contribution in [1.82, 2.24) is 4.98 Å². The Morgan fingerprint density at radius 3 is 2.67 bits per heavy atom. The molecule has 2 aromatic carbocycles. The molecule has 3 aromatic rings. The predicted octanol–water partition coefficient (Wildman–Crippen LogP) is 4.63. The zero-order chi connectivity index (χ0) is 19.2. The van der Waals surface area contributed by atoms with Gasteiger partial charge in [0.1, 0.15) is 11.6 Å². The van der Waals surface area contributed by atoms with Crippen LogP contribution in [-0.2, 0) is 6.54 Å². The van der Waals surface area contributed by atoms with Crippen molar-refractivity contribution in [2.45, 2.75) is 6.54 Å². The van der Waals surface area contributed by atoms with E-state index in [-0.39, 0.29) is 5.91 Å². The minimum atomic E-state index is -0.257. The fourth-order valence-electron chi connectivity index (χ4n) is 2.68. The molecule has 0 aliphatic heterocycles. The Labute approximate surface area is 163 Å². The summed E-state index contributed by atoms with van der Waals surface area (Å²) in [6.07, 6.45) is 1.63. The number of carbonyl (C=O) groups is 1. The van der Waals surface area contributed by atoms with E-state index in [0.29, 0.717) is 34.4 Å². The maximum Gasteiger partial charge on any atom is 0.255 e. The first-order valence-corrected chi connectivity index (χ1v) is 8.80. The molecule has 27 heavy (non-hydrogen) atoms. The highest BCUT2D eigenvalue weighted by Gasteiger charge is 2.13. The van der Waals surface area contributed by atoms with Gasteiger partial charge in [0.2, 0.25) is 0 Å². The zero-order valence-corrected chi connectivity index (χ0v) is 15.9. The Balaban J connectivity index is 1.77. The van der Waals surface area contributed by atoms with Crippen molar-refractivity contribution in [2.24, 2.45) is 0 Å². The number of hydrogen-bond acceptors (Lipinski definition) is 4. The van der Waals surface area contributed by atoms with Crippen LogP contribution in [0.1, 0.15) is 15.9 Å². The lowest BCUT2D eigenvalue weighted by Gasteiger charge is -2.19. The van der Waals surface area contributed by atoms with Crippen molar-refractivity contribution >= 4 is 29.0 Å². The third-order valence-corrected chi connectivity index (χ3v) is 4.31. The van der Waals surface area contributed by atoms with E-state index >= 15 is 0 Å². The smallest absolute Gasteiger partial charge is 0.255 e. The third kappa shape index (κ3) is 4.77. The molecule has 1 amide bonds. The van der Waals surface area contributed by atoms with E-state index in [1.165, 1.54) is 5.56 Å². The summed E-state index contributed by atoms with van der Waals surface area (Å²) in [4.78, 5) is 19.0. The van der Waals surface area contributed by atoms with Gasteiger partial charge >= 0.3 is 0 Å². The zero-order valence-electron chi connectivity index (χ0n) is 15.1. The van der Waals surface area contributed by atoms with Gasteiger partial charge in [0.05, 0.1) is 12.8 Å². The van der Waals surface area contributed by atoms with Gasteiger partial charge in [-0.25, -0.2) is 4.98 Å². The van der Waals surface area contributed by atoms with Gasteiger partial charge in [-0.1, -0.05) is 41.9 Å². The number of nitrogens with one attached hydrogen (secondary N) is 1. The molecule has 1 N–H and O–H groups in total. The summed E-state index contributed by atoms with van der Waals surface area (Å²) in [5, 5.41) is 3.36. The van der Waals surface area contributed by atoms with Gasteiger partial charge in [-0.15, -0.1) is 0 Å². The van der Waals surface area contributed by atoms with Gasteiger partial charge in [-0.05, 0) is 35.9 Å². The van der Waals surface area contributed by atoms with Crippen molar-refractivity contribution in [3.05, 3.63) is 83.0 Å². The van der Waals surface area contributed by atoms with Gasteiger partial charge < -0.3 is 15.0 Å². The Bertz CT molecular complexity index is 932. The number of methoxy groups -OCH3 is 1. The molecule has 0 spiro atoms. The van der Waals surface area contributed by atoms with Crippen LogP contribution in [0.15, 0.2) is 66.9 Å². The molecular formula is C21H20ClN3O2. The second-order valence-electron chi connectivity index (χ2n) is 6.04. The molecule has 138 valence electrons. The molecule has 0 radical (unpaired) electrons. The minimum Gasteiger partial charge on any atom is -0.495 e. The van der Waals surface area contributed by atoms with Crippen molar-refractivity contribution in [2.75, 3.05) is 24.4 Å². The molecular weight excluding hydrogens is 362 g/mol. The summed E-state index contributed by atoms with van der Waals surface area (Å²) < 4.78 is 5.27. The topological polar surface area (TPSA) is 54.5 Å². The number of aromatic nitrogens is 1. The van der Waals surface area contributed by atoms with Gasteiger partial charge in [0, 0.05) is 30.4 Å². The highest BCUT2D eigenvalue weighted by atomic mass is 35.5. The molecule has 0 saturated carbocycles. The second kappa shape index (κ2) is 8.56. The number of nitrogens with zero attached hydrogens (tertiary/aromatic N) is 2. The standard InChI is InChI=1S/C21H20ClN3O2/c1-25(14-15-6-4-3-5-7-15)20-12-16(10-11-23-20)21(26)24-18-13-17(22)8-9-19(18)27-2/h3-13H,14H2,1-2H3,(H,24,26). The number of rotatable bonds is 6. The number of amides is 1. The van der Waals surface area contributed by atoms with E-state index < -0.39 is 0 Å².